The molecule has 0 unspecified atom stereocenters. The van der Waals surface area contributed by atoms with Gasteiger partial charge in [-0.3, -0.25) is 9.59 Å². The summed E-state index contributed by atoms with van der Waals surface area (Å²) in [6.45, 7) is 4.35. The number of carbonyl (C=O) groups is 2. The lowest BCUT2D eigenvalue weighted by Crippen LogP contribution is -2.41. The fourth-order valence-electron chi connectivity index (χ4n) is 1.90. The summed E-state index contributed by atoms with van der Waals surface area (Å²) in [6, 6.07) is 9.59. The van der Waals surface area contributed by atoms with E-state index < -0.39 is 11.8 Å². The van der Waals surface area contributed by atoms with E-state index in [4.69, 9.17) is 4.74 Å². The van der Waals surface area contributed by atoms with Gasteiger partial charge in [-0.15, -0.1) is 0 Å². The maximum atomic E-state index is 11.9. The fraction of sp³-hybridized carbons (Fsp3) is 0.529. The van der Waals surface area contributed by atoms with Crippen molar-refractivity contribution < 1.29 is 14.3 Å². The van der Waals surface area contributed by atoms with Crippen molar-refractivity contribution >= 4 is 11.8 Å². The molecule has 1 rings (SSSR count). The van der Waals surface area contributed by atoms with Gasteiger partial charge in [-0.1, -0.05) is 43.7 Å². The van der Waals surface area contributed by atoms with Crippen molar-refractivity contribution in [1.82, 2.24) is 10.2 Å². The molecule has 0 radical (unpaired) electrons. The quantitative estimate of drug-likeness (QED) is 0.560. The average Bonchev–Trinajstić information content (AvgIpc) is 2.54. The highest BCUT2D eigenvalue weighted by atomic mass is 16.5. The summed E-state index contributed by atoms with van der Waals surface area (Å²) in [6.07, 6.45) is 2.87. The zero-order valence-electron chi connectivity index (χ0n) is 13.5. The molecule has 5 nitrogen and oxygen atoms in total. The first-order chi connectivity index (χ1) is 10.6. The SMILES string of the molecule is CCCCOCCCNC(=O)C(=O)N(C)Cc1ccccc1. The number of rotatable bonds is 9. The Morgan fingerprint density at radius 1 is 1.14 bits per heavy atom. The molecular formula is C17H26N2O3. The summed E-state index contributed by atoms with van der Waals surface area (Å²) in [5.41, 5.74) is 0.996. The van der Waals surface area contributed by atoms with E-state index in [0.29, 0.717) is 26.1 Å². The summed E-state index contributed by atoms with van der Waals surface area (Å²) < 4.78 is 5.40. The molecule has 2 amide bonds. The second-order valence-corrected chi connectivity index (χ2v) is 5.22. The number of nitrogens with zero attached hydrogens (tertiary/aromatic N) is 1. The topological polar surface area (TPSA) is 58.6 Å². The first-order valence-electron chi connectivity index (χ1n) is 7.80. The van der Waals surface area contributed by atoms with Crippen LogP contribution in [0.2, 0.25) is 0 Å². The largest absolute Gasteiger partial charge is 0.381 e. The first-order valence-corrected chi connectivity index (χ1v) is 7.80. The predicted molar refractivity (Wildman–Crippen MR) is 86.3 cm³/mol. The van der Waals surface area contributed by atoms with Gasteiger partial charge in [-0.25, -0.2) is 0 Å². The van der Waals surface area contributed by atoms with Gasteiger partial charge in [0.2, 0.25) is 0 Å². The Bertz CT molecular complexity index is 448. The van der Waals surface area contributed by atoms with Crippen molar-refractivity contribution in [2.24, 2.45) is 0 Å². The highest BCUT2D eigenvalue weighted by Gasteiger charge is 2.17. The number of likely N-dealkylation sites (N-methyl/N-ethyl adjacent to an activating group) is 1. The van der Waals surface area contributed by atoms with Crippen molar-refractivity contribution in [2.75, 3.05) is 26.8 Å². The molecule has 0 aromatic heterocycles. The number of nitrogens with one attached hydrogen (secondary N) is 1. The highest BCUT2D eigenvalue weighted by molar-refractivity contribution is 6.34. The van der Waals surface area contributed by atoms with E-state index in [0.717, 1.165) is 25.0 Å². The molecule has 5 heteroatoms. The molecule has 0 saturated heterocycles. The van der Waals surface area contributed by atoms with Gasteiger partial charge < -0.3 is 15.0 Å². The molecule has 0 spiro atoms. The minimum atomic E-state index is -0.563. The van der Waals surface area contributed by atoms with E-state index in [1.807, 2.05) is 30.3 Å². The second kappa shape index (κ2) is 10.8. The number of hydrogen-bond donors (Lipinski definition) is 1. The third-order valence-electron chi connectivity index (χ3n) is 3.20. The number of carbonyl (C=O) groups excluding carboxylic acids is 2. The van der Waals surface area contributed by atoms with Gasteiger partial charge in [0.1, 0.15) is 0 Å². The number of hydrogen-bond acceptors (Lipinski definition) is 3. The van der Waals surface area contributed by atoms with Gasteiger partial charge >= 0.3 is 11.8 Å². The molecule has 0 atom stereocenters. The number of benzene rings is 1. The lowest BCUT2D eigenvalue weighted by atomic mass is 10.2. The lowest BCUT2D eigenvalue weighted by molar-refractivity contribution is -0.145. The molecule has 0 saturated carbocycles. The maximum absolute atomic E-state index is 11.9. The van der Waals surface area contributed by atoms with Gasteiger partial charge in [0.25, 0.3) is 0 Å². The average molecular weight is 306 g/mol. The summed E-state index contributed by atoms with van der Waals surface area (Å²) >= 11 is 0. The predicted octanol–water partition coefficient (Wildman–Crippen LogP) is 1.97. The van der Waals surface area contributed by atoms with E-state index in [1.54, 1.807) is 7.05 Å². The van der Waals surface area contributed by atoms with E-state index in [2.05, 4.69) is 12.2 Å². The third-order valence-corrected chi connectivity index (χ3v) is 3.20. The Kier molecular flexibility index (Phi) is 8.91. The molecule has 122 valence electrons. The van der Waals surface area contributed by atoms with E-state index in [9.17, 15) is 9.59 Å². The van der Waals surface area contributed by atoms with Crippen LogP contribution in [0, 0.1) is 0 Å². The maximum Gasteiger partial charge on any atom is 0.311 e. The molecule has 0 heterocycles. The molecule has 0 bridgehead atoms. The van der Waals surface area contributed by atoms with Crippen LogP contribution >= 0.6 is 0 Å². The van der Waals surface area contributed by atoms with Crippen LogP contribution < -0.4 is 5.32 Å². The summed E-state index contributed by atoms with van der Waals surface area (Å²) in [5, 5.41) is 2.63. The van der Waals surface area contributed by atoms with Crippen LogP contribution in [0.25, 0.3) is 0 Å². The van der Waals surface area contributed by atoms with Gasteiger partial charge in [0, 0.05) is 33.4 Å². The van der Waals surface area contributed by atoms with Crippen LogP contribution in [-0.2, 0) is 20.9 Å². The Morgan fingerprint density at radius 2 is 1.82 bits per heavy atom. The standard InChI is InChI=1S/C17H26N2O3/c1-3-4-12-22-13-8-11-18-16(20)17(21)19(2)14-15-9-6-5-7-10-15/h5-7,9-10H,3-4,8,11-14H2,1-2H3,(H,18,20). The van der Waals surface area contributed by atoms with Crippen molar-refractivity contribution in [1.29, 1.82) is 0 Å². The molecule has 1 aromatic carbocycles. The van der Waals surface area contributed by atoms with E-state index >= 15 is 0 Å². The van der Waals surface area contributed by atoms with Crippen molar-refractivity contribution in [3.05, 3.63) is 35.9 Å². The van der Waals surface area contributed by atoms with Crippen molar-refractivity contribution in [3.63, 3.8) is 0 Å². The van der Waals surface area contributed by atoms with E-state index in [-0.39, 0.29) is 0 Å². The molecule has 1 N–H and O–H groups in total. The second-order valence-electron chi connectivity index (χ2n) is 5.22. The fourth-order valence-corrected chi connectivity index (χ4v) is 1.90. The van der Waals surface area contributed by atoms with Gasteiger partial charge in [-0.05, 0) is 18.4 Å². The van der Waals surface area contributed by atoms with Crippen LogP contribution in [0.15, 0.2) is 30.3 Å². The smallest absolute Gasteiger partial charge is 0.311 e. The Labute approximate surface area is 132 Å². The monoisotopic (exact) mass is 306 g/mol. The Hall–Kier alpha value is -1.88. The van der Waals surface area contributed by atoms with Gasteiger partial charge in [0.15, 0.2) is 0 Å². The van der Waals surface area contributed by atoms with Crippen LogP contribution in [-0.4, -0.2) is 43.5 Å². The summed E-state index contributed by atoms with van der Waals surface area (Å²) in [7, 11) is 1.63. The molecule has 0 aliphatic heterocycles. The lowest BCUT2D eigenvalue weighted by Gasteiger charge is -2.16. The summed E-state index contributed by atoms with van der Waals surface area (Å²) in [4.78, 5) is 25.1. The van der Waals surface area contributed by atoms with Crippen LogP contribution in [0.1, 0.15) is 31.7 Å². The molecule has 1 aromatic rings. The van der Waals surface area contributed by atoms with Crippen LogP contribution in [0.4, 0.5) is 0 Å². The normalized spacial score (nSPS) is 10.3. The number of ether oxygens (including phenoxy) is 1. The number of amides is 2. The number of unbranched alkanes of at least 4 members (excludes halogenated alkanes) is 1. The van der Waals surface area contributed by atoms with Crippen molar-refractivity contribution in [3.8, 4) is 0 Å². The molecule has 0 aliphatic carbocycles. The highest BCUT2D eigenvalue weighted by Crippen LogP contribution is 2.02. The van der Waals surface area contributed by atoms with E-state index in [1.165, 1.54) is 4.90 Å². The van der Waals surface area contributed by atoms with Crippen molar-refractivity contribution in [2.45, 2.75) is 32.7 Å². The zero-order chi connectivity index (χ0) is 16.2. The molecule has 0 aliphatic rings. The third kappa shape index (κ3) is 7.22. The minimum absolute atomic E-state index is 0.424. The first kappa shape index (κ1) is 18.2. The summed E-state index contributed by atoms with van der Waals surface area (Å²) in [5.74, 6) is -1.08. The Balaban J connectivity index is 2.20. The molecular weight excluding hydrogens is 280 g/mol. The molecule has 0 fully saturated rings. The van der Waals surface area contributed by atoms with Crippen LogP contribution in [0.3, 0.4) is 0 Å². The zero-order valence-corrected chi connectivity index (χ0v) is 13.5. The van der Waals surface area contributed by atoms with Crippen LogP contribution in [0.5, 0.6) is 0 Å². The van der Waals surface area contributed by atoms with Gasteiger partial charge in [0.05, 0.1) is 0 Å². The Morgan fingerprint density at radius 3 is 2.50 bits per heavy atom. The van der Waals surface area contributed by atoms with Gasteiger partial charge in [-0.2, -0.15) is 0 Å². The molecule has 22 heavy (non-hydrogen) atoms. The minimum Gasteiger partial charge on any atom is -0.381 e.